The van der Waals surface area contributed by atoms with E-state index < -0.39 is 11.2 Å². The Morgan fingerprint density at radius 2 is 0.905 bits per heavy atom. The second-order valence-corrected chi connectivity index (χ2v) is 6.64. The normalized spacial score (nSPS) is 13.8. The molecule has 0 spiro atoms. The molecule has 0 aromatic rings. The van der Waals surface area contributed by atoms with Crippen LogP contribution in [-0.4, -0.2) is 34.7 Å². The molecule has 0 aliphatic carbocycles. The van der Waals surface area contributed by atoms with E-state index in [0.29, 0.717) is 11.4 Å². The van der Waals surface area contributed by atoms with E-state index >= 15 is 0 Å². The number of hydrogen-bond acceptors (Lipinski definition) is 4. The number of nitrogens with zero attached hydrogens (tertiary/aromatic N) is 2. The van der Waals surface area contributed by atoms with Crippen LogP contribution in [0, 0.1) is 0 Å². The fourth-order valence-corrected chi connectivity index (χ4v) is 1.09. The van der Waals surface area contributed by atoms with Crippen molar-refractivity contribution in [3.05, 3.63) is 0 Å². The second kappa shape index (κ2) is 10.5. The summed E-state index contributed by atoms with van der Waals surface area (Å²) in [6.07, 6.45) is 0. The van der Waals surface area contributed by atoms with E-state index in [1.54, 1.807) is 41.5 Å². The van der Waals surface area contributed by atoms with E-state index in [-0.39, 0.29) is 29.2 Å². The van der Waals surface area contributed by atoms with E-state index in [0.717, 1.165) is 0 Å². The maximum Gasteiger partial charge on any atom is 2.00 e. The topological polar surface area (TPSA) is 70.8 Å². The van der Waals surface area contributed by atoms with Crippen LogP contribution >= 0.6 is 0 Å². The average Bonchev–Trinajstić information content (AvgIpc) is 2.13. The van der Waals surface area contributed by atoms with Gasteiger partial charge in [0.1, 0.15) is 0 Å². The quantitative estimate of drug-likeness (QED) is 0.576. The Hall–Kier alpha value is -0.221. The fourth-order valence-electron chi connectivity index (χ4n) is 1.09. The molecule has 0 atom stereocenters. The van der Waals surface area contributed by atoms with Gasteiger partial charge in [-0.05, 0) is 53.0 Å². The van der Waals surface area contributed by atoms with Gasteiger partial charge in [0.05, 0.1) is 0 Å². The zero-order valence-electron chi connectivity index (χ0n) is 15.2. The van der Waals surface area contributed by atoms with Crippen molar-refractivity contribution in [3.8, 4) is 0 Å². The Balaban J connectivity index is -0.000000295. The summed E-state index contributed by atoms with van der Waals surface area (Å²) in [4.78, 5) is 8.31. The molecule has 0 rings (SSSR count). The van der Waals surface area contributed by atoms with Crippen LogP contribution in [-0.2, 0) is 17.1 Å². The van der Waals surface area contributed by atoms with Crippen molar-refractivity contribution in [2.75, 3.05) is 0 Å². The molecule has 0 aliphatic rings. The molecule has 1 radical (unpaired) electrons. The van der Waals surface area contributed by atoms with E-state index in [2.05, 4.69) is 9.98 Å². The zero-order chi connectivity index (χ0) is 16.7. The van der Waals surface area contributed by atoms with E-state index in [1.807, 2.05) is 27.7 Å². The molecule has 4 nitrogen and oxygen atoms in total. The van der Waals surface area contributed by atoms with Crippen molar-refractivity contribution in [2.45, 2.75) is 92.5 Å². The van der Waals surface area contributed by atoms with Crippen molar-refractivity contribution in [2.24, 2.45) is 9.98 Å². The number of hydrogen-bond donors (Lipinski definition) is 0. The zero-order valence-corrected chi connectivity index (χ0v) is 16.1. The van der Waals surface area contributed by atoms with Gasteiger partial charge in [-0.3, -0.25) is 9.98 Å². The van der Waals surface area contributed by atoms with Crippen molar-refractivity contribution < 1.29 is 27.3 Å². The number of rotatable bonds is 4. The molecule has 0 heterocycles. The van der Waals surface area contributed by atoms with Gasteiger partial charge in [0.2, 0.25) is 0 Å². The van der Waals surface area contributed by atoms with Gasteiger partial charge in [0, 0.05) is 12.1 Å². The summed E-state index contributed by atoms with van der Waals surface area (Å²) >= 11 is 0. The molecule has 0 aromatic heterocycles. The molecule has 0 aromatic carbocycles. The molecule has 0 aliphatic heterocycles. The fraction of sp³-hybridized carbons (Fsp3) is 0.875. The molecule has 0 bridgehead atoms. The molecular weight excluding hydrogens is 316 g/mol. The van der Waals surface area contributed by atoms with E-state index in [1.165, 1.54) is 0 Å². The van der Waals surface area contributed by atoms with Crippen LogP contribution in [0.2, 0.25) is 0 Å². The van der Waals surface area contributed by atoms with Crippen LogP contribution < -0.4 is 10.2 Å². The van der Waals surface area contributed by atoms with Gasteiger partial charge in [-0.25, -0.2) is 0 Å². The standard InChI is InChI=1S/2C8H16NO.Cu/c2*1-6(2)9-7(3)8(4,5)10;/h2*6H,1-5H3;/q2*-1;+2. The third-order valence-corrected chi connectivity index (χ3v) is 2.65. The third kappa shape index (κ3) is 16.0. The Morgan fingerprint density at radius 1 is 0.714 bits per heavy atom. The summed E-state index contributed by atoms with van der Waals surface area (Å²) in [7, 11) is 0. The maximum absolute atomic E-state index is 11.2. The first-order chi connectivity index (χ1) is 8.67. The molecule has 129 valence electrons. The molecule has 0 saturated carbocycles. The molecule has 0 amide bonds. The summed E-state index contributed by atoms with van der Waals surface area (Å²) in [6, 6.07) is 0.460. The summed E-state index contributed by atoms with van der Waals surface area (Å²) in [5, 5.41) is 22.4. The smallest absolute Gasteiger partial charge is 0.846 e. The Bertz CT molecular complexity index is 301. The monoisotopic (exact) mass is 347 g/mol. The van der Waals surface area contributed by atoms with Crippen LogP contribution in [0.1, 0.15) is 69.2 Å². The summed E-state index contributed by atoms with van der Waals surface area (Å²) in [5.74, 6) is 0. The minimum atomic E-state index is -1.01. The first-order valence-corrected chi connectivity index (χ1v) is 7.18. The van der Waals surface area contributed by atoms with Crippen LogP contribution in [0.5, 0.6) is 0 Å². The first kappa shape index (κ1) is 25.7. The van der Waals surface area contributed by atoms with Crippen molar-refractivity contribution in [1.29, 1.82) is 0 Å². The Morgan fingerprint density at radius 3 is 0.952 bits per heavy atom. The van der Waals surface area contributed by atoms with Crippen LogP contribution in [0.25, 0.3) is 0 Å². The summed E-state index contributed by atoms with van der Waals surface area (Å²) in [6.45, 7) is 18.0. The van der Waals surface area contributed by atoms with Gasteiger partial charge >= 0.3 is 17.1 Å². The van der Waals surface area contributed by atoms with E-state index in [9.17, 15) is 10.2 Å². The minimum Gasteiger partial charge on any atom is -0.846 e. The average molecular weight is 348 g/mol. The van der Waals surface area contributed by atoms with Gasteiger partial charge in [0.15, 0.2) is 0 Å². The molecular formula is C16H32CuN2O2. The molecule has 0 fully saturated rings. The first-order valence-electron chi connectivity index (χ1n) is 7.18. The predicted octanol–water partition coefficient (Wildman–Crippen LogP) is 1.99. The SMILES string of the molecule is CC(=NC(C)C)C(C)(C)[O-].CC(=NC(C)C)C(C)(C)[O-].[Cu+2]. The molecule has 0 N–H and O–H groups in total. The summed E-state index contributed by atoms with van der Waals surface area (Å²) < 4.78 is 0. The van der Waals surface area contributed by atoms with Gasteiger partial charge in [-0.15, -0.1) is 0 Å². The van der Waals surface area contributed by atoms with Gasteiger partial charge in [-0.1, -0.05) is 38.9 Å². The van der Waals surface area contributed by atoms with Crippen LogP contribution in [0.15, 0.2) is 9.98 Å². The van der Waals surface area contributed by atoms with Gasteiger partial charge in [-0.2, -0.15) is 0 Å². The maximum atomic E-state index is 11.2. The largest absolute Gasteiger partial charge is 2.00 e. The minimum absolute atomic E-state index is 0. The van der Waals surface area contributed by atoms with Crippen molar-refractivity contribution >= 4 is 11.4 Å². The van der Waals surface area contributed by atoms with Crippen molar-refractivity contribution in [1.82, 2.24) is 0 Å². The second-order valence-electron chi connectivity index (χ2n) is 6.64. The summed E-state index contributed by atoms with van der Waals surface area (Å²) in [5.41, 5.74) is -0.654. The molecule has 5 heteroatoms. The number of aliphatic imine (C=N–C) groups is 2. The van der Waals surface area contributed by atoms with Gasteiger partial charge in [0.25, 0.3) is 0 Å². The predicted molar refractivity (Wildman–Crippen MR) is 84.6 cm³/mol. The van der Waals surface area contributed by atoms with E-state index in [4.69, 9.17) is 0 Å². The Kier molecular flexibility index (Phi) is 12.9. The molecule has 21 heavy (non-hydrogen) atoms. The van der Waals surface area contributed by atoms with Gasteiger partial charge < -0.3 is 10.2 Å². The van der Waals surface area contributed by atoms with Crippen LogP contribution in [0.4, 0.5) is 0 Å². The van der Waals surface area contributed by atoms with Crippen molar-refractivity contribution in [3.63, 3.8) is 0 Å². The molecule has 0 unspecified atom stereocenters. The third-order valence-electron chi connectivity index (χ3n) is 2.65. The molecule has 0 saturated heterocycles. The Labute approximate surface area is 141 Å². The van der Waals surface area contributed by atoms with Crippen LogP contribution in [0.3, 0.4) is 0 Å².